The highest BCUT2D eigenvalue weighted by molar-refractivity contribution is 5.67. The Morgan fingerprint density at radius 2 is 1.68 bits per heavy atom. The molecule has 0 aliphatic carbocycles. The second-order valence-electron chi connectivity index (χ2n) is 6.11. The van der Waals surface area contributed by atoms with Crippen molar-refractivity contribution in [3.8, 4) is 0 Å². The molecule has 2 N–H and O–H groups in total. The van der Waals surface area contributed by atoms with Gasteiger partial charge in [0.2, 0.25) is 0 Å². The van der Waals surface area contributed by atoms with E-state index in [1.54, 1.807) is 13.8 Å². The molecule has 0 saturated heterocycles. The lowest BCUT2D eigenvalue weighted by molar-refractivity contribution is 0.0523. The average molecular weight is 265 g/mol. The Morgan fingerprint density at radius 1 is 1.16 bits per heavy atom. The molecule has 0 spiro atoms. The molecule has 0 aromatic heterocycles. The molecule has 0 aliphatic heterocycles. The molecule has 1 aromatic carbocycles. The van der Waals surface area contributed by atoms with Crippen LogP contribution in [0, 0.1) is 0 Å². The van der Waals surface area contributed by atoms with Gasteiger partial charge in [0.1, 0.15) is 5.60 Å². The molecule has 0 aliphatic rings. The van der Waals surface area contributed by atoms with Gasteiger partial charge in [0.05, 0.1) is 5.60 Å². The largest absolute Gasteiger partial charge is 0.444 e. The molecule has 0 heterocycles. The van der Waals surface area contributed by atoms with Crippen LogP contribution in [0.5, 0.6) is 0 Å². The summed E-state index contributed by atoms with van der Waals surface area (Å²) in [5.41, 5.74) is 0.457. The van der Waals surface area contributed by atoms with E-state index >= 15 is 0 Å². The predicted octanol–water partition coefficient (Wildman–Crippen LogP) is 2.94. The summed E-state index contributed by atoms with van der Waals surface area (Å²) < 4.78 is 5.15. The number of rotatable bonds is 3. The van der Waals surface area contributed by atoms with E-state index in [4.69, 9.17) is 4.74 Å². The summed E-state index contributed by atoms with van der Waals surface area (Å²) in [6.07, 6.45) is -0.431. The minimum atomic E-state index is -0.850. The van der Waals surface area contributed by atoms with Crippen molar-refractivity contribution in [2.75, 3.05) is 0 Å². The number of ether oxygens (including phenoxy) is 1. The Hall–Kier alpha value is -1.55. The van der Waals surface area contributed by atoms with E-state index < -0.39 is 17.3 Å². The van der Waals surface area contributed by atoms with Gasteiger partial charge >= 0.3 is 6.09 Å². The fraction of sp³-hybridized carbons (Fsp3) is 0.533. The van der Waals surface area contributed by atoms with Crippen LogP contribution in [-0.4, -0.2) is 16.8 Å². The van der Waals surface area contributed by atoms with Gasteiger partial charge in [-0.25, -0.2) is 4.79 Å². The van der Waals surface area contributed by atoms with Crippen LogP contribution in [-0.2, 0) is 16.9 Å². The molecular weight excluding hydrogens is 242 g/mol. The number of carbonyl (C=O) groups is 1. The van der Waals surface area contributed by atoms with Crippen LogP contribution in [0.2, 0.25) is 0 Å². The zero-order valence-corrected chi connectivity index (χ0v) is 12.3. The lowest BCUT2D eigenvalue weighted by atomic mass is 9.97. The van der Waals surface area contributed by atoms with E-state index in [1.165, 1.54) is 0 Å². The molecule has 19 heavy (non-hydrogen) atoms. The zero-order valence-electron chi connectivity index (χ0n) is 12.3. The van der Waals surface area contributed by atoms with Crippen LogP contribution in [0.1, 0.15) is 45.7 Å². The maximum atomic E-state index is 11.5. The highest BCUT2D eigenvalue weighted by Crippen LogP contribution is 2.19. The molecule has 4 heteroatoms. The number of carbonyl (C=O) groups excluding carboxylic acids is 1. The molecule has 1 rings (SSSR count). The van der Waals surface area contributed by atoms with E-state index in [0.29, 0.717) is 6.54 Å². The van der Waals surface area contributed by atoms with Gasteiger partial charge in [-0.15, -0.1) is 0 Å². The fourth-order valence-electron chi connectivity index (χ4n) is 1.52. The maximum Gasteiger partial charge on any atom is 0.407 e. The average Bonchev–Trinajstić information content (AvgIpc) is 2.23. The second kappa shape index (κ2) is 5.61. The van der Waals surface area contributed by atoms with Crippen LogP contribution in [0.4, 0.5) is 4.79 Å². The highest BCUT2D eigenvalue weighted by atomic mass is 16.6. The van der Waals surface area contributed by atoms with Gasteiger partial charge in [0.15, 0.2) is 0 Å². The molecule has 4 nitrogen and oxygen atoms in total. The molecule has 0 bridgehead atoms. The van der Waals surface area contributed by atoms with Crippen molar-refractivity contribution in [2.24, 2.45) is 0 Å². The lowest BCUT2D eigenvalue weighted by Crippen LogP contribution is -2.32. The van der Waals surface area contributed by atoms with Crippen molar-refractivity contribution in [1.29, 1.82) is 0 Å². The first kappa shape index (κ1) is 15.5. The topological polar surface area (TPSA) is 58.6 Å². The Kier molecular flexibility index (Phi) is 4.58. The van der Waals surface area contributed by atoms with Gasteiger partial charge in [-0.2, -0.15) is 0 Å². The van der Waals surface area contributed by atoms with Crippen LogP contribution in [0.25, 0.3) is 0 Å². The minimum absolute atomic E-state index is 0.404. The zero-order chi connectivity index (χ0) is 14.7. The molecule has 0 atom stereocenters. The summed E-state index contributed by atoms with van der Waals surface area (Å²) in [7, 11) is 0. The van der Waals surface area contributed by atoms with E-state index in [-0.39, 0.29) is 0 Å². The maximum absolute atomic E-state index is 11.5. The first-order valence-corrected chi connectivity index (χ1v) is 6.36. The van der Waals surface area contributed by atoms with E-state index in [2.05, 4.69) is 5.32 Å². The Morgan fingerprint density at radius 3 is 2.11 bits per heavy atom. The van der Waals surface area contributed by atoms with Gasteiger partial charge in [-0.05, 0) is 45.7 Å². The van der Waals surface area contributed by atoms with Gasteiger partial charge in [0.25, 0.3) is 0 Å². The number of hydrogen-bond donors (Lipinski definition) is 2. The van der Waals surface area contributed by atoms with Crippen LogP contribution >= 0.6 is 0 Å². The van der Waals surface area contributed by atoms with E-state index in [0.717, 1.165) is 11.1 Å². The third-order valence-electron chi connectivity index (χ3n) is 2.50. The minimum Gasteiger partial charge on any atom is -0.444 e. The summed E-state index contributed by atoms with van der Waals surface area (Å²) in [6.45, 7) is 9.35. The predicted molar refractivity (Wildman–Crippen MR) is 74.8 cm³/mol. The summed E-state index contributed by atoms with van der Waals surface area (Å²) in [5, 5.41) is 12.5. The first-order valence-electron chi connectivity index (χ1n) is 6.36. The number of nitrogens with one attached hydrogen (secondary N) is 1. The van der Waals surface area contributed by atoms with Crippen molar-refractivity contribution < 1.29 is 14.6 Å². The quantitative estimate of drug-likeness (QED) is 0.883. The molecule has 0 saturated carbocycles. The molecule has 0 fully saturated rings. The molecule has 1 amide bonds. The number of amides is 1. The number of alkyl carbamates (subject to hydrolysis) is 1. The van der Waals surface area contributed by atoms with Crippen LogP contribution < -0.4 is 5.32 Å². The van der Waals surface area contributed by atoms with Gasteiger partial charge in [0, 0.05) is 6.54 Å². The number of hydrogen-bond acceptors (Lipinski definition) is 3. The standard InChI is InChI=1S/C15H23NO3/c1-14(2,3)19-13(17)16-10-11-6-8-12(9-7-11)15(4,5)18/h6-9,18H,10H2,1-5H3,(H,16,17). The molecule has 1 aromatic rings. The monoisotopic (exact) mass is 265 g/mol. The smallest absolute Gasteiger partial charge is 0.407 e. The Balaban J connectivity index is 2.53. The number of aliphatic hydroxyl groups is 1. The molecule has 0 radical (unpaired) electrons. The van der Waals surface area contributed by atoms with Crippen molar-refractivity contribution in [3.63, 3.8) is 0 Å². The van der Waals surface area contributed by atoms with Crippen molar-refractivity contribution in [3.05, 3.63) is 35.4 Å². The summed E-state index contributed by atoms with van der Waals surface area (Å²) >= 11 is 0. The van der Waals surface area contributed by atoms with Gasteiger partial charge in [-0.3, -0.25) is 0 Å². The molecule has 106 valence electrons. The number of benzene rings is 1. The first-order chi connectivity index (χ1) is 8.58. The highest BCUT2D eigenvalue weighted by Gasteiger charge is 2.17. The molecule has 0 unspecified atom stereocenters. The summed E-state index contributed by atoms with van der Waals surface area (Å²) in [6, 6.07) is 7.47. The summed E-state index contributed by atoms with van der Waals surface area (Å²) in [5.74, 6) is 0. The Labute approximate surface area is 114 Å². The SMILES string of the molecule is CC(C)(C)OC(=O)NCc1ccc(C(C)(C)O)cc1. The van der Waals surface area contributed by atoms with Crippen molar-refractivity contribution >= 4 is 6.09 Å². The van der Waals surface area contributed by atoms with Gasteiger partial charge < -0.3 is 15.2 Å². The van der Waals surface area contributed by atoms with Crippen LogP contribution in [0.15, 0.2) is 24.3 Å². The third-order valence-corrected chi connectivity index (χ3v) is 2.50. The second-order valence-corrected chi connectivity index (χ2v) is 6.11. The lowest BCUT2D eigenvalue weighted by Gasteiger charge is -2.20. The van der Waals surface area contributed by atoms with E-state index in [1.807, 2.05) is 45.0 Å². The summed E-state index contributed by atoms with van der Waals surface area (Å²) in [4.78, 5) is 11.5. The fourth-order valence-corrected chi connectivity index (χ4v) is 1.52. The van der Waals surface area contributed by atoms with E-state index in [9.17, 15) is 9.90 Å². The Bertz CT molecular complexity index is 424. The van der Waals surface area contributed by atoms with Crippen molar-refractivity contribution in [1.82, 2.24) is 5.32 Å². The normalized spacial score (nSPS) is 12.1. The van der Waals surface area contributed by atoms with Gasteiger partial charge in [-0.1, -0.05) is 24.3 Å². The third kappa shape index (κ3) is 5.75. The molecular formula is C15H23NO3. The van der Waals surface area contributed by atoms with Crippen LogP contribution in [0.3, 0.4) is 0 Å². The van der Waals surface area contributed by atoms with Crippen molar-refractivity contribution in [2.45, 2.75) is 52.4 Å².